The van der Waals surface area contributed by atoms with Crippen molar-refractivity contribution >= 4 is 11.9 Å². The van der Waals surface area contributed by atoms with Crippen LogP contribution in [0.4, 0.5) is 0 Å². The molecular weight excluding hydrogens is 224 g/mol. The van der Waals surface area contributed by atoms with E-state index in [1.165, 1.54) is 25.3 Å². The van der Waals surface area contributed by atoms with Gasteiger partial charge in [0.05, 0.1) is 25.7 Å². The summed E-state index contributed by atoms with van der Waals surface area (Å²) in [5.74, 6) is -1.02. The molecule has 0 amide bonds. The maximum atomic E-state index is 11.3. The Balaban J connectivity index is 3.00. The van der Waals surface area contributed by atoms with Crippen molar-refractivity contribution in [2.45, 2.75) is 13.3 Å². The quantitative estimate of drug-likeness (QED) is 0.787. The Morgan fingerprint density at radius 2 is 2.06 bits per heavy atom. The molecule has 1 aromatic carbocycles. The molecule has 0 atom stereocenters. The number of carboxylic acids is 1. The topological polar surface area (TPSA) is 72.8 Å². The first-order chi connectivity index (χ1) is 8.08. The summed E-state index contributed by atoms with van der Waals surface area (Å²) in [6, 6.07) is 4.48. The van der Waals surface area contributed by atoms with Gasteiger partial charge in [-0.25, -0.2) is 4.79 Å². The Labute approximate surface area is 99.0 Å². The monoisotopic (exact) mass is 238 g/mol. The average molecular weight is 238 g/mol. The summed E-state index contributed by atoms with van der Waals surface area (Å²) >= 11 is 0. The number of carbonyl (C=O) groups excluding carboxylic acids is 1. The number of hydrogen-bond acceptors (Lipinski definition) is 4. The minimum atomic E-state index is -1.08. The summed E-state index contributed by atoms with van der Waals surface area (Å²) in [5.41, 5.74) is 0.467. The van der Waals surface area contributed by atoms with Crippen LogP contribution in [0.5, 0.6) is 5.75 Å². The predicted octanol–water partition coefficient (Wildman–Crippen LogP) is 1.50. The lowest BCUT2D eigenvalue weighted by atomic mass is 10.0. The highest BCUT2D eigenvalue weighted by Crippen LogP contribution is 2.18. The van der Waals surface area contributed by atoms with Crippen LogP contribution in [0.1, 0.15) is 22.8 Å². The molecule has 17 heavy (non-hydrogen) atoms. The fourth-order valence-corrected chi connectivity index (χ4v) is 1.42. The SMILES string of the molecule is CCOC(=O)Cc1cc(OC)ccc1C(=O)O. The molecule has 5 heteroatoms. The van der Waals surface area contributed by atoms with Crippen molar-refractivity contribution < 1.29 is 24.2 Å². The van der Waals surface area contributed by atoms with Gasteiger partial charge in [0.25, 0.3) is 0 Å². The fourth-order valence-electron chi connectivity index (χ4n) is 1.42. The number of benzene rings is 1. The number of methoxy groups -OCH3 is 1. The third kappa shape index (κ3) is 3.48. The zero-order valence-corrected chi connectivity index (χ0v) is 9.73. The molecule has 0 radical (unpaired) electrons. The van der Waals surface area contributed by atoms with Crippen LogP contribution in [0.3, 0.4) is 0 Å². The van der Waals surface area contributed by atoms with Gasteiger partial charge >= 0.3 is 11.9 Å². The minimum absolute atomic E-state index is 0.0767. The Morgan fingerprint density at radius 3 is 2.59 bits per heavy atom. The molecule has 5 nitrogen and oxygen atoms in total. The van der Waals surface area contributed by atoms with E-state index in [-0.39, 0.29) is 18.6 Å². The maximum absolute atomic E-state index is 11.3. The summed E-state index contributed by atoms with van der Waals surface area (Å²) in [6.45, 7) is 1.97. The van der Waals surface area contributed by atoms with E-state index < -0.39 is 11.9 Å². The van der Waals surface area contributed by atoms with Crippen LogP contribution in [-0.4, -0.2) is 30.8 Å². The van der Waals surface area contributed by atoms with Gasteiger partial charge < -0.3 is 14.6 Å². The molecule has 1 rings (SSSR count). The largest absolute Gasteiger partial charge is 0.497 e. The molecule has 0 saturated heterocycles. The minimum Gasteiger partial charge on any atom is -0.497 e. The van der Waals surface area contributed by atoms with E-state index in [4.69, 9.17) is 14.6 Å². The molecule has 0 bridgehead atoms. The first-order valence-corrected chi connectivity index (χ1v) is 5.14. The van der Waals surface area contributed by atoms with Crippen LogP contribution in [-0.2, 0) is 16.0 Å². The highest BCUT2D eigenvalue weighted by Gasteiger charge is 2.14. The van der Waals surface area contributed by atoms with Crippen molar-refractivity contribution in [2.24, 2.45) is 0 Å². The summed E-state index contributed by atoms with van der Waals surface area (Å²) in [7, 11) is 1.48. The second-order valence-electron chi connectivity index (χ2n) is 3.31. The van der Waals surface area contributed by atoms with Gasteiger partial charge in [0.1, 0.15) is 5.75 Å². The van der Waals surface area contributed by atoms with Gasteiger partial charge in [-0.3, -0.25) is 4.79 Å². The molecule has 0 aliphatic carbocycles. The average Bonchev–Trinajstić information content (AvgIpc) is 2.28. The number of carboxylic acid groups (broad SMARTS) is 1. The van der Waals surface area contributed by atoms with E-state index in [2.05, 4.69) is 0 Å². The molecule has 92 valence electrons. The van der Waals surface area contributed by atoms with Gasteiger partial charge in [-0.2, -0.15) is 0 Å². The van der Waals surface area contributed by atoms with Gasteiger partial charge in [-0.05, 0) is 30.7 Å². The molecule has 0 aliphatic rings. The second-order valence-corrected chi connectivity index (χ2v) is 3.31. The molecule has 1 N–H and O–H groups in total. The highest BCUT2D eigenvalue weighted by atomic mass is 16.5. The third-order valence-electron chi connectivity index (χ3n) is 2.18. The molecule has 0 heterocycles. The molecule has 0 aromatic heterocycles. The van der Waals surface area contributed by atoms with Crippen LogP contribution < -0.4 is 4.74 Å². The first kappa shape index (κ1) is 13.0. The lowest BCUT2D eigenvalue weighted by molar-refractivity contribution is -0.142. The van der Waals surface area contributed by atoms with Crippen molar-refractivity contribution in [3.05, 3.63) is 29.3 Å². The maximum Gasteiger partial charge on any atom is 0.335 e. The van der Waals surface area contributed by atoms with E-state index in [1.54, 1.807) is 6.92 Å². The van der Waals surface area contributed by atoms with E-state index in [9.17, 15) is 9.59 Å². The standard InChI is InChI=1S/C12H14O5/c1-3-17-11(13)7-8-6-9(16-2)4-5-10(8)12(14)15/h4-6H,3,7H2,1-2H3,(H,14,15). The predicted molar refractivity (Wildman–Crippen MR) is 60.3 cm³/mol. The molecular formula is C12H14O5. The Hall–Kier alpha value is -2.04. The Bertz CT molecular complexity index is 425. The lowest BCUT2D eigenvalue weighted by Crippen LogP contribution is -2.11. The third-order valence-corrected chi connectivity index (χ3v) is 2.18. The molecule has 0 spiro atoms. The fraction of sp³-hybridized carbons (Fsp3) is 0.333. The molecule has 0 aliphatic heterocycles. The number of ether oxygens (including phenoxy) is 2. The van der Waals surface area contributed by atoms with Crippen molar-refractivity contribution in [3.63, 3.8) is 0 Å². The number of hydrogen-bond donors (Lipinski definition) is 1. The van der Waals surface area contributed by atoms with Crippen LogP contribution in [0.25, 0.3) is 0 Å². The zero-order chi connectivity index (χ0) is 12.8. The number of esters is 1. The van der Waals surface area contributed by atoms with Crippen molar-refractivity contribution in [2.75, 3.05) is 13.7 Å². The van der Waals surface area contributed by atoms with Gasteiger partial charge in [0.15, 0.2) is 0 Å². The molecule has 0 fully saturated rings. The van der Waals surface area contributed by atoms with E-state index >= 15 is 0 Å². The molecule has 0 unspecified atom stereocenters. The van der Waals surface area contributed by atoms with Gasteiger partial charge in [0, 0.05) is 0 Å². The van der Waals surface area contributed by atoms with E-state index in [1.807, 2.05) is 0 Å². The number of rotatable bonds is 5. The van der Waals surface area contributed by atoms with Gasteiger partial charge in [0.2, 0.25) is 0 Å². The van der Waals surface area contributed by atoms with Crippen molar-refractivity contribution in [3.8, 4) is 5.75 Å². The smallest absolute Gasteiger partial charge is 0.335 e. The highest BCUT2D eigenvalue weighted by molar-refractivity contribution is 5.91. The lowest BCUT2D eigenvalue weighted by Gasteiger charge is -2.08. The zero-order valence-electron chi connectivity index (χ0n) is 9.73. The Morgan fingerprint density at radius 1 is 1.35 bits per heavy atom. The Kier molecular flexibility index (Phi) is 4.51. The van der Waals surface area contributed by atoms with Crippen LogP contribution in [0, 0.1) is 0 Å². The second kappa shape index (κ2) is 5.89. The van der Waals surface area contributed by atoms with Crippen molar-refractivity contribution in [1.29, 1.82) is 0 Å². The van der Waals surface area contributed by atoms with Crippen LogP contribution >= 0.6 is 0 Å². The van der Waals surface area contributed by atoms with Crippen LogP contribution in [0.2, 0.25) is 0 Å². The summed E-state index contributed by atoms with van der Waals surface area (Å²) in [6.07, 6.45) is -0.0767. The number of aromatic carboxylic acids is 1. The first-order valence-electron chi connectivity index (χ1n) is 5.14. The van der Waals surface area contributed by atoms with E-state index in [0.717, 1.165) is 0 Å². The molecule has 0 saturated carbocycles. The normalized spacial score (nSPS) is 9.76. The molecule has 1 aromatic rings. The van der Waals surface area contributed by atoms with Crippen molar-refractivity contribution in [1.82, 2.24) is 0 Å². The van der Waals surface area contributed by atoms with Crippen LogP contribution in [0.15, 0.2) is 18.2 Å². The number of carbonyl (C=O) groups is 2. The van der Waals surface area contributed by atoms with E-state index in [0.29, 0.717) is 11.3 Å². The summed E-state index contributed by atoms with van der Waals surface area (Å²) < 4.78 is 9.77. The van der Waals surface area contributed by atoms with Gasteiger partial charge in [-0.1, -0.05) is 0 Å². The summed E-state index contributed by atoms with van der Waals surface area (Å²) in [4.78, 5) is 22.3. The summed E-state index contributed by atoms with van der Waals surface area (Å²) in [5, 5.41) is 8.98. The van der Waals surface area contributed by atoms with Gasteiger partial charge in [-0.15, -0.1) is 0 Å².